The first kappa shape index (κ1) is 19.3. The zero-order valence-corrected chi connectivity index (χ0v) is 17.2. The van der Waals surface area contributed by atoms with Crippen LogP contribution in [0.2, 0.25) is 0 Å². The molecule has 0 radical (unpaired) electrons. The molecule has 2 heterocycles. The van der Waals surface area contributed by atoms with Crippen LogP contribution in [0.3, 0.4) is 0 Å². The molecule has 31 heavy (non-hydrogen) atoms. The van der Waals surface area contributed by atoms with Crippen LogP contribution in [0.25, 0.3) is 16.7 Å². The molecule has 6 heteroatoms. The number of carbonyl (C=O) groups is 1. The summed E-state index contributed by atoms with van der Waals surface area (Å²) in [5, 5.41) is 9.21. The second-order valence-electron chi connectivity index (χ2n) is 7.89. The van der Waals surface area contributed by atoms with Crippen molar-refractivity contribution in [2.24, 2.45) is 0 Å². The van der Waals surface area contributed by atoms with Gasteiger partial charge in [0.15, 0.2) is 0 Å². The van der Waals surface area contributed by atoms with Gasteiger partial charge in [0.25, 0.3) is 0 Å². The Bertz CT molecular complexity index is 1210. The Labute approximate surface area is 181 Å². The lowest BCUT2D eigenvalue weighted by Crippen LogP contribution is -2.45. The minimum Gasteiger partial charge on any atom is -0.478 e. The maximum atomic E-state index is 11.2. The molecule has 1 aromatic heterocycles. The van der Waals surface area contributed by atoms with Gasteiger partial charge in [0.2, 0.25) is 0 Å². The van der Waals surface area contributed by atoms with E-state index in [2.05, 4.69) is 69.4 Å². The predicted molar refractivity (Wildman–Crippen MR) is 122 cm³/mol. The quantitative estimate of drug-likeness (QED) is 0.536. The summed E-state index contributed by atoms with van der Waals surface area (Å²) in [5.74, 6) is -0.940. The number of piperazine rings is 1. The maximum absolute atomic E-state index is 11.2. The molecule has 0 amide bonds. The lowest BCUT2D eigenvalue weighted by atomic mass is 10.1. The van der Waals surface area contributed by atoms with E-state index in [-0.39, 0.29) is 5.56 Å². The molecule has 5 rings (SSSR count). The molecule has 0 saturated carbocycles. The van der Waals surface area contributed by atoms with E-state index < -0.39 is 5.97 Å². The fourth-order valence-electron chi connectivity index (χ4n) is 4.20. The largest absolute Gasteiger partial charge is 0.478 e. The number of carboxylic acid groups (broad SMARTS) is 1. The van der Waals surface area contributed by atoms with Gasteiger partial charge in [-0.2, -0.15) is 0 Å². The molecule has 1 aliphatic rings. The Morgan fingerprint density at radius 3 is 2.42 bits per heavy atom. The number of hydrogen-bond acceptors (Lipinski definition) is 4. The Morgan fingerprint density at radius 1 is 0.871 bits per heavy atom. The molecular formula is C25H24N4O2. The lowest BCUT2D eigenvalue weighted by Gasteiger charge is -2.36. The summed E-state index contributed by atoms with van der Waals surface area (Å²) in [6.45, 7) is 5.04. The van der Waals surface area contributed by atoms with E-state index in [9.17, 15) is 9.90 Å². The van der Waals surface area contributed by atoms with Gasteiger partial charge in [0, 0.05) is 44.1 Å². The standard InChI is InChI=1S/C25H24N4O2/c30-25(31)20-9-10-24-23(15-20)26-18-29(24)22-8-4-7-21(16-22)28-13-11-27(12-14-28)17-19-5-2-1-3-6-19/h1-10,15-16,18H,11-14,17H2,(H,30,31). The molecule has 1 saturated heterocycles. The highest BCUT2D eigenvalue weighted by Gasteiger charge is 2.18. The third kappa shape index (κ3) is 4.02. The molecule has 6 nitrogen and oxygen atoms in total. The number of carboxylic acids is 1. The predicted octanol–water partition coefficient (Wildman–Crippen LogP) is 4.05. The van der Waals surface area contributed by atoms with Crippen LogP contribution >= 0.6 is 0 Å². The summed E-state index contributed by atoms with van der Waals surface area (Å²) in [4.78, 5) is 20.6. The SMILES string of the molecule is O=C(O)c1ccc2c(c1)ncn2-c1cccc(N2CCN(Cc3ccccc3)CC2)c1. The van der Waals surface area contributed by atoms with E-state index in [1.807, 2.05) is 10.6 Å². The normalized spacial score (nSPS) is 14.8. The van der Waals surface area contributed by atoms with E-state index in [0.717, 1.165) is 43.9 Å². The first-order valence-electron chi connectivity index (χ1n) is 10.5. The van der Waals surface area contributed by atoms with E-state index in [1.54, 1.807) is 18.5 Å². The topological polar surface area (TPSA) is 61.6 Å². The van der Waals surface area contributed by atoms with E-state index >= 15 is 0 Å². The Kier molecular flexibility index (Phi) is 5.14. The second kappa shape index (κ2) is 8.24. The third-order valence-electron chi connectivity index (χ3n) is 5.89. The van der Waals surface area contributed by atoms with Crippen LogP contribution in [0.1, 0.15) is 15.9 Å². The van der Waals surface area contributed by atoms with Crippen molar-refractivity contribution in [3.63, 3.8) is 0 Å². The number of fused-ring (bicyclic) bond motifs is 1. The van der Waals surface area contributed by atoms with E-state index in [4.69, 9.17) is 0 Å². The van der Waals surface area contributed by atoms with Crippen LogP contribution in [0.15, 0.2) is 79.1 Å². The maximum Gasteiger partial charge on any atom is 0.335 e. The molecule has 1 N–H and O–H groups in total. The average Bonchev–Trinajstić information content (AvgIpc) is 3.24. The molecule has 1 aliphatic heterocycles. The fraction of sp³-hybridized carbons (Fsp3) is 0.200. The van der Waals surface area contributed by atoms with Gasteiger partial charge < -0.3 is 10.0 Å². The highest BCUT2D eigenvalue weighted by Crippen LogP contribution is 2.24. The van der Waals surface area contributed by atoms with Gasteiger partial charge in [-0.3, -0.25) is 9.47 Å². The van der Waals surface area contributed by atoms with Crippen LogP contribution in [0, 0.1) is 0 Å². The lowest BCUT2D eigenvalue weighted by molar-refractivity contribution is 0.0697. The molecule has 156 valence electrons. The zero-order valence-electron chi connectivity index (χ0n) is 17.2. The molecule has 0 atom stereocenters. The van der Waals surface area contributed by atoms with Crippen LogP contribution in [-0.2, 0) is 6.54 Å². The highest BCUT2D eigenvalue weighted by molar-refractivity contribution is 5.92. The smallest absolute Gasteiger partial charge is 0.335 e. The number of benzene rings is 3. The molecule has 3 aromatic carbocycles. The van der Waals surface area contributed by atoms with Crippen molar-refractivity contribution in [3.8, 4) is 5.69 Å². The van der Waals surface area contributed by atoms with Crippen molar-refractivity contribution in [3.05, 3.63) is 90.3 Å². The van der Waals surface area contributed by atoms with Gasteiger partial charge in [-0.25, -0.2) is 9.78 Å². The number of anilines is 1. The van der Waals surface area contributed by atoms with Gasteiger partial charge >= 0.3 is 5.97 Å². The molecule has 4 aromatic rings. The molecular weight excluding hydrogens is 388 g/mol. The number of aromatic carboxylic acids is 1. The zero-order chi connectivity index (χ0) is 21.2. The summed E-state index contributed by atoms with van der Waals surface area (Å²) < 4.78 is 2.01. The summed E-state index contributed by atoms with van der Waals surface area (Å²) in [5.41, 5.74) is 5.40. The molecule has 0 bridgehead atoms. The molecule has 0 aliphatic carbocycles. The molecule has 1 fully saturated rings. The molecule has 0 spiro atoms. The summed E-state index contributed by atoms with van der Waals surface area (Å²) in [7, 11) is 0. The van der Waals surface area contributed by atoms with Crippen LogP contribution in [0.5, 0.6) is 0 Å². The van der Waals surface area contributed by atoms with Crippen molar-refractivity contribution in [2.45, 2.75) is 6.54 Å². The summed E-state index contributed by atoms with van der Waals surface area (Å²) in [6.07, 6.45) is 1.76. The minimum absolute atomic E-state index is 0.250. The van der Waals surface area contributed by atoms with Crippen LogP contribution in [0.4, 0.5) is 5.69 Å². The van der Waals surface area contributed by atoms with Crippen molar-refractivity contribution < 1.29 is 9.90 Å². The van der Waals surface area contributed by atoms with Crippen molar-refractivity contribution in [2.75, 3.05) is 31.1 Å². The van der Waals surface area contributed by atoms with Gasteiger partial charge in [0.05, 0.1) is 16.6 Å². The van der Waals surface area contributed by atoms with Gasteiger partial charge in [0.1, 0.15) is 6.33 Å². The van der Waals surface area contributed by atoms with Crippen LogP contribution in [-0.4, -0.2) is 51.7 Å². The van der Waals surface area contributed by atoms with Gasteiger partial charge in [-0.05, 0) is 42.0 Å². The van der Waals surface area contributed by atoms with Gasteiger partial charge in [-0.15, -0.1) is 0 Å². The number of nitrogens with zero attached hydrogens (tertiary/aromatic N) is 4. The van der Waals surface area contributed by atoms with Gasteiger partial charge in [-0.1, -0.05) is 36.4 Å². The van der Waals surface area contributed by atoms with Crippen molar-refractivity contribution in [1.82, 2.24) is 14.5 Å². The summed E-state index contributed by atoms with van der Waals surface area (Å²) in [6, 6.07) is 24.1. The minimum atomic E-state index is -0.940. The first-order valence-corrected chi connectivity index (χ1v) is 10.5. The average molecular weight is 412 g/mol. The number of rotatable bonds is 5. The van der Waals surface area contributed by atoms with E-state index in [0.29, 0.717) is 5.52 Å². The third-order valence-corrected chi connectivity index (χ3v) is 5.89. The Morgan fingerprint density at radius 2 is 1.65 bits per heavy atom. The second-order valence-corrected chi connectivity index (χ2v) is 7.89. The van der Waals surface area contributed by atoms with E-state index in [1.165, 1.54) is 11.3 Å². The summed E-state index contributed by atoms with van der Waals surface area (Å²) >= 11 is 0. The number of aromatic nitrogens is 2. The highest BCUT2D eigenvalue weighted by atomic mass is 16.4. The van der Waals surface area contributed by atoms with Crippen molar-refractivity contribution >= 4 is 22.7 Å². The Hall–Kier alpha value is -3.64. The van der Waals surface area contributed by atoms with Crippen molar-refractivity contribution in [1.29, 1.82) is 0 Å². The monoisotopic (exact) mass is 412 g/mol. The fourth-order valence-corrected chi connectivity index (χ4v) is 4.20. The number of hydrogen-bond donors (Lipinski definition) is 1. The number of imidazole rings is 1. The first-order chi connectivity index (χ1) is 15.2. The van der Waals surface area contributed by atoms with Crippen LogP contribution < -0.4 is 4.90 Å². The molecule has 0 unspecified atom stereocenters. The Balaban J connectivity index is 1.32.